The van der Waals surface area contributed by atoms with E-state index in [2.05, 4.69) is 20.6 Å². The van der Waals surface area contributed by atoms with E-state index in [0.717, 1.165) is 13.0 Å². The molecule has 2 rings (SSSR count). The molecule has 106 valence electrons. The monoisotopic (exact) mass is 277 g/mol. The molecule has 0 unspecified atom stereocenters. The molecule has 1 aromatic rings. The minimum atomic E-state index is -1.03. The summed E-state index contributed by atoms with van der Waals surface area (Å²) in [6, 6.07) is -0.788. The smallest absolute Gasteiger partial charge is 0.328 e. The van der Waals surface area contributed by atoms with Crippen LogP contribution < -0.4 is 10.6 Å². The topological polar surface area (TPSA) is 105 Å². The fourth-order valence-corrected chi connectivity index (χ4v) is 1.92. The van der Waals surface area contributed by atoms with Crippen LogP contribution in [0.3, 0.4) is 0 Å². The largest absolute Gasteiger partial charge is 0.337 e. The van der Waals surface area contributed by atoms with E-state index < -0.39 is 23.8 Å². The van der Waals surface area contributed by atoms with Crippen LogP contribution in [0.15, 0.2) is 23.7 Å². The van der Waals surface area contributed by atoms with Crippen molar-refractivity contribution < 1.29 is 14.4 Å². The van der Waals surface area contributed by atoms with Gasteiger partial charge >= 0.3 is 6.03 Å². The van der Waals surface area contributed by atoms with Gasteiger partial charge in [0.15, 0.2) is 5.92 Å². The third-order valence-electron chi connectivity index (χ3n) is 2.91. The number of imide groups is 2. The average molecular weight is 277 g/mol. The second-order valence-corrected chi connectivity index (χ2v) is 4.42. The number of nitrogens with one attached hydrogen (secondary N) is 2. The van der Waals surface area contributed by atoms with Gasteiger partial charge in [-0.25, -0.2) is 9.78 Å². The fourth-order valence-electron chi connectivity index (χ4n) is 1.92. The number of carbonyl (C=O) groups is 3. The SMILES string of the molecule is CC(=NCCCn1ccnc1)C1C(=O)NC(=O)NC1=O. The summed E-state index contributed by atoms with van der Waals surface area (Å²) in [5.41, 5.74) is 0.401. The maximum Gasteiger partial charge on any atom is 0.328 e. The van der Waals surface area contributed by atoms with Crippen molar-refractivity contribution in [3.8, 4) is 0 Å². The molecule has 0 radical (unpaired) electrons. The lowest BCUT2D eigenvalue weighted by Gasteiger charge is -2.20. The van der Waals surface area contributed by atoms with Gasteiger partial charge in [-0.2, -0.15) is 0 Å². The van der Waals surface area contributed by atoms with Crippen molar-refractivity contribution in [3.63, 3.8) is 0 Å². The predicted octanol–water partition coefficient (Wildman–Crippen LogP) is -0.284. The van der Waals surface area contributed by atoms with Gasteiger partial charge in [0.25, 0.3) is 0 Å². The molecule has 1 aromatic heterocycles. The van der Waals surface area contributed by atoms with Crippen LogP contribution in [-0.4, -0.2) is 39.7 Å². The molecule has 0 atom stereocenters. The van der Waals surface area contributed by atoms with E-state index in [9.17, 15) is 14.4 Å². The molecule has 1 saturated heterocycles. The van der Waals surface area contributed by atoms with E-state index in [1.807, 2.05) is 10.8 Å². The number of barbiturate groups is 1. The van der Waals surface area contributed by atoms with Crippen molar-refractivity contribution in [2.24, 2.45) is 10.9 Å². The molecule has 8 nitrogen and oxygen atoms in total. The van der Waals surface area contributed by atoms with Crippen LogP contribution in [0.5, 0.6) is 0 Å². The number of amides is 4. The predicted molar refractivity (Wildman–Crippen MR) is 70.0 cm³/mol. The van der Waals surface area contributed by atoms with Gasteiger partial charge in [-0.1, -0.05) is 0 Å². The molecule has 4 amide bonds. The van der Waals surface area contributed by atoms with Gasteiger partial charge in [-0.3, -0.25) is 25.2 Å². The Bertz CT molecular complexity index is 529. The molecule has 0 aliphatic carbocycles. The average Bonchev–Trinajstić information content (AvgIpc) is 2.86. The molecule has 2 heterocycles. The summed E-state index contributed by atoms with van der Waals surface area (Å²) in [4.78, 5) is 42.3. The molecule has 0 aromatic carbocycles. The molecule has 1 fully saturated rings. The number of aliphatic imine (C=N–C) groups is 1. The Morgan fingerprint density at radius 1 is 1.35 bits per heavy atom. The second kappa shape index (κ2) is 6.09. The van der Waals surface area contributed by atoms with Crippen LogP contribution in [0.1, 0.15) is 13.3 Å². The Labute approximate surface area is 115 Å². The molecule has 2 N–H and O–H groups in total. The Balaban J connectivity index is 1.87. The van der Waals surface area contributed by atoms with Gasteiger partial charge in [0, 0.05) is 31.2 Å². The highest BCUT2D eigenvalue weighted by Gasteiger charge is 2.36. The first kappa shape index (κ1) is 13.9. The fraction of sp³-hybridized carbons (Fsp3) is 0.417. The molecular formula is C12H15N5O3. The summed E-state index contributed by atoms with van der Waals surface area (Å²) in [7, 11) is 0. The minimum Gasteiger partial charge on any atom is -0.337 e. The molecule has 1 aliphatic rings. The van der Waals surface area contributed by atoms with Gasteiger partial charge in [-0.05, 0) is 13.3 Å². The Morgan fingerprint density at radius 3 is 2.65 bits per heavy atom. The molecule has 1 aliphatic heterocycles. The third kappa shape index (κ3) is 3.28. The highest BCUT2D eigenvalue weighted by atomic mass is 16.2. The number of urea groups is 1. The van der Waals surface area contributed by atoms with Gasteiger partial charge in [0.05, 0.1) is 6.33 Å². The molecule has 0 bridgehead atoms. The zero-order valence-corrected chi connectivity index (χ0v) is 11.0. The van der Waals surface area contributed by atoms with E-state index in [1.54, 1.807) is 19.4 Å². The van der Waals surface area contributed by atoms with Crippen LogP contribution >= 0.6 is 0 Å². The molecular weight excluding hydrogens is 262 g/mol. The van der Waals surface area contributed by atoms with Gasteiger partial charge < -0.3 is 4.57 Å². The lowest BCUT2D eigenvalue weighted by atomic mass is 10.0. The molecule has 0 spiro atoms. The normalized spacial score (nSPS) is 17.1. The first-order valence-corrected chi connectivity index (χ1v) is 6.20. The van der Waals surface area contributed by atoms with Crippen LogP contribution in [0, 0.1) is 5.92 Å². The number of hydrogen-bond donors (Lipinski definition) is 2. The number of aryl methyl sites for hydroxylation is 1. The molecule has 0 saturated carbocycles. The first-order chi connectivity index (χ1) is 9.58. The number of aromatic nitrogens is 2. The Morgan fingerprint density at radius 2 is 2.05 bits per heavy atom. The van der Waals surface area contributed by atoms with Gasteiger partial charge in [-0.15, -0.1) is 0 Å². The highest BCUT2D eigenvalue weighted by molar-refractivity contribution is 6.27. The van der Waals surface area contributed by atoms with Crippen molar-refractivity contribution in [2.45, 2.75) is 19.9 Å². The van der Waals surface area contributed by atoms with Crippen LogP contribution in [0.4, 0.5) is 4.79 Å². The van der Waals surface area contributed by atoms with E-state index in [-0.39, 0.29) is 0 Å². The maximum atomic E-state index is 11.6. The summed E-state index contributed by atoms with van der Waals surface area (Å²) >= 11 is 0. The summed E-state index contributed by atoms with van der Waals surface area (Å²) in [5, 5.41) is 4.10. The zero-order valence-electron chi connectivity index (χ0n) is 11.0. The minimum absolute atomic E-state index is 0.401. The van der Waals surface area contributed by atoms with Crippen LogP contribution in [-0.2, 0) is 16.1 Å². The van der Waals surface area contributed by atoms with E-state index in [1.165, 1.54) is 0 Å². The molecule has 8 heteroatoms. The van der Waals surface area contributed by atoms with E-state index in [4.69, 9.17) is 0 Å². The number of nitrogens with zero attached hydrogens (tertiary/aromatic N) is 3. The third-order valence-corrected chi connectivity index (χ3v) is 2.91. The van der Waals surface area contributed by atoms with Crippen molar-refractivity contribution in [1.82, 2.24) is 20.2 Å². The second-order valence-electron chi connectivity index (χ2n) is 4.42. The number of rotatable bonds is 5. The van der Waals surface area contributed by atoms with Crippen LogP contribution in [0.2, 0.25) is 0 Å². The lowest BCUT2D eigenvalue weighted by Crippen LogP contribution is -2.57. The zero-order chi connectivity index (χ0) is 14.5. The van der Waals surface area contributed by atoms with Crippen molar-refractivity contribution >= 4 is 23.6 Å². The van der Waals surface area contributed by atoms with E-state index >= 15 is 0 Å². The van der Waals surface area contributed by atoms with Crippen LogP contribution in [0.25, 0.3) is 0 Å². The quantitative estimate of drug-likeness (QED) is 0.438. The maximum absolute atomic E-state index is 11.6. The lowest BCUT2D eigenvalue weighted by molar-refractivity contribution is -0.132. The summed E-state index contributed by atoms with van der Waals surface area (Å²) < 4.78 is 1.92. The van der Waals surface area contributed by atoms with Gasteiger partial charge in [0.1, 0.15) is 0 Å². The Kier molecular flexibility index (Phi) is 4.24. The Hall–Kier alpha value is -2.51. The van der Waals surface area contributed by atoms with E-state index in [0.29, 0.717) is 12.3 Å². The van der Waals surface area contributed by atoms with Crippen molar-refractivity contribution in [3.05, 3.63) is 18.7 Å². The summed E-state index contributed by atoms with van der Waals surface area (Å²) in [5.74, 6) is -2.29. The summed E-state index contributed by atoms with van der Waals surface area (Å²) in [6.07, 6.45) is 6.03. The summed E-state index contributed by atoms with van der Waals surface area (Å²) in [6.45, 7) is 2.87. The van der Waals surface area contributed by atoms with Crippen molar-refractivity contribution in [1.29, 1.82) is 0 Å². The molecule has 20 heavy (non-hydrogen) atoms. The first-order valence-electron chi connectivity index (χ1n) is 6.20. The standard InChI is InChI=1S/C12H15N5O3/c1-8(9-10(18)15-12(20)16-11(9)19)14-3-2-5-17-6-4-13-7-17/h4,6-7,9H,2-3,5H2,1H3,(H2,15,16,18,19,20). The number of imidazole rings is 1. The number of hydrogen-bond acceptors (Lipinski definition) is 5. The van der Waals surface area contributed by atoms with Crippen molar-refractivity contribution in [2.75, 3.05) is 6.54 Å². The highest BCUT2D eigenvalue weighted by Crippen LogP contribution is 2.06. The number of carbonyl (C=O) groups excluding carboxylic acids is 3. The van der Waals surface area contributed by atoms with Gasteiger partial charge in [0.2, 0.25) is 11.8 Å².